The fraction of sp³-hybridized carbons (Fsp3) is 0.289. The van der Waals surface area contributed by atoms with Gasteiger partial charge < -0.3 is 29.2 Å². The highest BCUT2D eigenvalue weighted by Crippen LogP contribution is 2.46. The first-order valence-corrected chi connectivity index (χ1v) is 20.0. The maximum Gasteiger partial charge on any atom is 0.275 e. The lowest BCUT2D eigenvalue weighted by molar-refractivity contribution is 0.0956. The summed E-state index contributed by atoms with van der Waals surface area (Å²) in [4.78, 5) is 34.8. The Morgan fingerprint density at radius 3 is 2.38 bits per heavy atom. The number of aryl methyl sites for hydroxylation is 5. The van der Waals surface area contributed by atoms with Crippen molar-refractivity contribution in [3.8, 4) is 22.6 Å². The summed E-state index contributed by atoms with van der Waals surface area (Å²) in [5.41, 5.74) is 16.2. The molecule has 0 saturated heterocycles. The molecular formula is C45H45Cl2N7O4. The number of nitrogens with two attached hydrogens (primary N) is 1. The molecule has 5 heterocycles. The second-order valence-corrected chi connectivity index (χ2v) is 15.9. The number of aromatic nitrogens is 5. The van der Waals surface area contributed by atoms with Crippen LogP contribution in [0, 0.1) is 27.7 Å². The SMILES string of the molecule is COc1ccc(N2CC(C)n3c(c(CCCOc4cc(C)c(Cl)c(C)c4)c4ccc(Cl)c(-c5c(C)nn(C)c5C)c43)C2=O)c2c1cc(C(N)=O)n2Cc1ccccn1. The molecule has 1 aliphatic rings. The van der Waals surface area contributed by atoms with E-state index < -0.39 is 5.91 Å². The van der Waals surface area contributed by atoms with Crippen LogP contribution in [-0.2, 0) is 20.0 Å². The van der Waals surface area contributed by atoms with Crippen LogP contribution in [0.15, 0.2) is 66.9 Å². The van der Waals surface area contributed by atoms with Gasteiger partial charge in [-0.15, -0.1) is 0 Å². The van der Waals surface area contributed by atoms with E-state index in [1.165, 1.54) is 0 Å². The number of benzene rings is 3. The number of carbonyl (C=O) groups is 2. The van der Waals surface area contributed by atoms with Crippen molar-refractivity contribution in [3.05, 3.63) is 122 Å². The maximum absolute atomic E-state index is 15.5. The van der Waals surface area contributed by atoms with Gasteiger partial charge in [0, 0.05) is 58.4 Å². The van der Waals surface area contributed by atoms with Gasteiger partial charge in [-0.1, -0.05) is 35.3 Å². The van der Waals surface area contributed by atoms with E-state index in [9.17, 15) is 4.79 Å². The molecule has 2 N–H and O–H groups in total. The molecule has 0 aliphatic carbocycles. The van der Waals surface area contributed by atoms with E-state index in [-0.39, 0.29) is 24.2 Å². The molecule has 1 aliphatic heterocycles. The zero-order valence-electron chi connectivity index (χ0n) is 33.6. The quantitative estimate of drug-likeness (QED) is 0.130. The summed E-state index contributed by atoms with van der Waals surface area (Å²) in [6, 6.07) is 18.7. The van der Waals surface area contributed by atoms with Crippen LogP contribution in [0.3, 0.4) is 0 Å². The van der Waals surface area contributed by atoms with E-state index in [2.05, 4.69) is 16.5 Å². The molecule has 8 rings (SSSR count). The number of rotatable bonds is 11. The van der Waals surface area contributed by atoms with Gasteiger partial charge >= 0.3 is 0 Å². The van der Waals surface area contributed by atoms with E-state index in [4.69, 9.17) is 43.5 Å². The fourth-order valence-corrected chi connectivity index (χ4v) is 9.05. The Hall–Kier alpha value is -5.78. The molecule has 3 aromatic carbocycles. The van der Waals surface area contributed by atoms with Crippen molar-refractivity contribution in [2.45, 2.75) is 60.0 Å². The molecule has 2 amide bonds. The molecule has 0 bridgehead atoms. The first-order chi connectivity index (χ1) is 27.8. The highest BCUT2D eigenvalue weighted by molar-refractivity contribution is 6.35. The number of ether oxygens (including phenoxy) is 2. The van der Waals surface area contributed by atoms with Crippen LogP contribution in [0.5, 0.6) is 11.5 Å². The first-order valence-electron chi connectivity index (χ1n) is 19.3. The van der Waals surface area contributed by atoms with Crippen LogP contribution in [-0.4, -0.2) is 56.0 Å². The largest absolute Gasteiger partial charge is 0.496 e. The number of methoxy groups -OCH3 is 1. The van der Waals surface area contributed by atoms with Crippen molar-refractivity contribution in [2.24, 2.45) is 12.8 Å². The van der Waals surface area contributed by atoms with Crippen molar-refractivity contribution in [2.75, 3.05) is 25.2 Å². The van der Waals surface area contributed by atoms with Crippen molar-refractivity contribution in [1.82, 2.24) is 23.9 Å². The number of fused-ring (bicyclic) bond motifs is 4. The molecule has 1 unspecified atom stereocenters. The summed E-state index contributed by atoms with van der Waals surface area (Å²) in [5.74, 6) is 0.537. The smallest absolute Gasteiger partial charge is 0.275 e. The van der Waals surface area contributed by atoms with E-state index >= 15 is 4.79 Å². The molecule has 0 radical (unpaired) electrons. The minimum Gasteiger partial charge on any atom is -0.496 e. The monoisotopic (exact) mass is 817 g/mol. The maximum atomic E-state index is 15.5. The highest BCUT2D eigenvalue weighted by atomic mass is 35.5. The van der Waals surface area contributed by atoms with Gasteiger partial charge in [0.2, 0.25) is 0 Å². The van der Waals surface area contributed by atoms with Crippen LogP contribution in [0.4, 0.5) is 5.69 Å². The lowest BCUT2D eigenvalue weighted by Crippen LogP contribution is -2.43. The molecule has 11 nitrogen and oxygen atoms in total. The van der Waals surface area contributed by atoms with Gasteiger partial charge in [-0.05, 0) is 113 Å². The van der Waals surface area contributed by atoms with E-state index in [1.54, 1.807) is 19.4 Å². The summed E-state index contributed by atoms with van der Waals surface area (Å²) < 4.78 is 17.9. The lowest BCUT2D eigenvalue weighted by Gasteiger charge is -2.35. The van der Waals surface area contributed by atoms with Gasteiger partial charge in [-0.25, -0.2) is 0 Å². The van der Waals surface area contributed by atoms with Gasteiger partial charge in [0.15, 0.2) is 0 Å². The number of pyridine rings is 1. The minimum atomic E-state index is -0.600. The van der Waals surface area contributed by atoms with Crippen LogP contribution >= 0.6 is 23.2 Å². The second kappa shape index (κ2) is 15.2. The Bertz CT molecular complexity index is 2760. The Morgan fingerprint density at radius 1 is 0.966 bits per heavy atom. The highest BCUT2D eigenvalue weighted by Gasteiger charge is 2.38. The van der Waals surface area contributed by atoms with Crippen molar-refractivity contribution in [1.29, 1.82) is 0 Å². The molecule has 13 heteroatoms. The summed E-state index contributed by atoms with van der Waals surface area (Å²) in [5, 5.41) is 7.67. The predicted octanol–water partition coefficient (Wildman–Crippen LogP) is 9.32. The number of carbonyl (C=O) groups excluding carboxylic acids is 2. The lowest BCUT2D eigenvalue weighted by atomic mass is 9.98. The van der Waals surface area contributed by atoms with Crippen LogP contribution < -0.4 is 20.1 Å². The molecule has 4 aromatic heterocycles. The van der Waals surface area contributed by atoms with Gasteiger partial charge in [-0.3, -0.25) is 19.3 Å². The summed E-state index contributed by atoms with van der Waals surface area (Å²) in [7, 11) is 3.51. The number of halogens is 2. The van der Waals surface area contributed by atoms with Crippen LogP contribution in [0.25, 0.3) is 32.9 Å². The standard InChI is InChI=1S/C45H45Cl2N7O4/c1-24-19-30(20-25(2)40(24)47)58-18-10-12-31-32-13-14-34(46)39(38-27(4)50-51(6)28(38)5)42(32)54-26(3)22-53(45(56)43(31)54)35-15-16-37(57-7)33-21-36(44(48)55)52(41(33)35)23-29-11-8-9-17-49-29/h8-9,11,13-17,19-21,26H,10,12,18,22-23H2,1-7H3,(H2,48,55). The zero-order chi connectivity index (χ0) is 41.2. The third-order valence-corrected chi connectivity index (χ3v) is 12.3. The molecule has 0 fully saturated rings. The van der Waals surface area contributed by atoms with E-state index in [0.717, 1.165) is 66.6 Å². The molecule has 0 spiro atoms. The summed E-state index contributed by atoms with van der Waals surface area (Å²) >= 11 is 13.6. The van der Waals surface area contributed by atoms with Crippen LogP contribution in [0.2, 0.25) is 10.0 Å². The van der Waals surface area contributed by atoms with Crippen molar-refractivity contribution < 1.29 is 19.1 Å². The number of nitrogens with zero attached hydrogens (tertiary/aromatic N) is 6. The first kappa shape index (κ1) is 39.1. The molecule has 7 aromatic rings. The average molecular weight is 819 g/mol. The average Bonchev–Trinajstić information content (AvgIpc) is 3.83. The Balaban J connectivity index is 1.30. The molecule has 0 saturated carbocycles. The Labute approximate surface area is 346 Å². The van der Waals surface area contributed by atoms with Gasteiger partial charge in [0.05, 0.1) is 53.4 Å². The second-order valence-electron chi connectivity index (χ2n) is 15.1. The molecule has 1 atom stereocenters. The Kier molecular flexibility index (Phi) is 10.2. The van der Waals surface area contributed by atoms with Gasteiger partial charge in [-0.2, -0.15) is 5.10 Å². The summed E-state index contributed by atoms with van der Waals surface area (Å²) in [6.07, 6.45) is 2.90. The third-order valence-electron chi connectivity index (χ3n) is 11.4. The molecule has 58 heavy (non-hydrogen) atoms. The van der Waals surface area contributed by atoms with Crippen LogP contribution in [0.1, 0.15) is 74.1 Å². The normalized spacial score (nSPS) is 14.1. The van der Waals surface area contributed by atoms with Crippen molar-refractivity contribution in [3.63, 3.8) is 0 Å². The Morgan fingerprint density at radius 2 is 1.72 bits per heavy atom. The number of hydrogen-bond acceptors (Lipinski definition) is 6. The molecule has 298 valence electrons. The van der Waals surface area contributed by atoms with Crippen molar-refractivity contribution >= 4 is 62.5 Å². The van der Waals surface area contributed by atoms with Gasteiger partial charge in [0.1, 0.15) is 22.9 Å². The third kappa shape index (κ3) is 6.46. The number of hydrogen-bond donors (Lipinski definition) is 1. The van der Waals surface area contributed by atoms with E-state index in [1.807, 2.05) is 103 Å². The fourth-order valence-electron chi connectivity index (χ4n) is 8.69. The number of amides is 2. The summed E-state index contributed by atoms with van der Waals surface area (Å²) in [6.45, 7) is 11.1. The van der Waals surface area contributed by atoms with Gasteiger partial charge in [0.25, 0.3) is 11.8 Å². The predicted molar refractivity (Wildman–Crippen MR) is 230 cm³/mol. The molecular weight excluding hydrogens is 773 g/mol. The number of primary amides is 1. The zero-order valence-corrected chi connectivity index (χ0v) is 35.1. The topological polar surface area (TPSA) is 122 Å². The number of anilines is 1. The van der Waals surface area contributed by atoms with E-state index in [0.29, 0.717) is 59.0 Å². The minimum absolute atomic E-state index is 0.173.